The van der Waals surface area contributed by atoms with Crippen molar-refractivity contribution in [3.05, 3.63) is 45.4 Å². The van der Waals surface area contributed by atoms with Gasteiger partial charge in [-0.25, -0.2) is 14.2 Å². The number of hydroxylamine groups is 2. The fourth-order valence-electron chi connectivity index (χ4n) is 3.51. The van der Waals surface area contributed by atoms with Crippen LogP contribution >= 0.6 is 15.9 Å². The van der Waals surface area contributed by atoms with Gasteiger partial charge < -0.3 is 10.2 Å². The van der Waals surface area contributed by atoms with E-state index in [0.717, 1.165) is 11.3 Å². The molecular formula is C18H19BrFN5O3. The van der Waals surface area contributed by atoms with E-state index in [2.05, 4.69) is 26.3 Å². The lowest BCUT2D eigenvalue weighted by atomic mass is 9.99. The molecule has 2 aliphatic heterocycles. The maximum Gasteiger partial charge on any atom is 0.322 e. The largest absolute Gasteiger partial charge is 0.322 e. The first-order valence-corrected chi connectivity index (χ1v) is 9.66. The smallest absolute Gasteiger partial charge is 0.317 e. The molecule has 0 bridgehead atoms. The number of fused-ring (bicyclic) bond motifs is 3. The second-order valence-electron chi connectivity index (χ2n) is 6.87. The van der Waals surface area contributed by atoms with E-state index in [-0.39, 0.29) is 29.0 Å². The molecule has 0 fully saturated rings. The minimum absolute atomic E-state index is 0.0976. The predicted octanol–water partition coefficient (Wildman–Crippen LogP) is 2.78. The Labute approximate surface area is 169 Å². The van der Waals surface area contributed by atoms with Crippen LogP contribution in [-0.2, 0) is 24.3 Å². The van der Waals surface area contributed by atoms with Gasteiger partial charge in [-0.05, 0) is 41.1 Å². The maximum absolute atomic E-state index is 13.4. The number of aromatic nitrogens is 2. The molecule has 4 rings (SSSR count). The van der Waals surface area contributed by atoms with Gasteiger partial charge in [0, 0.05) is 30.8 Å². The van der Waals surface area contributed by atoms with Crippen LogP contribution in [0.3, 0.4) is 0 Å². The Morgan fingerprint density at radius 2 is 2.21 bits per heavy atom. The molecule has 0 radical (unpaired) electrons. The Hall–Kier alpha value is -2.46. The lowest BCUT2D eigenvalue weighted by Crippen LogP contribution is -2.45. The Bertz CT molecular complexity index is 963. The Balaban J connectivity index is 1.60. The number of benzene rings is 1. The molecule has 0 saturated heterocycles. The lowest BCUT2D eigenvalue weighted by Gasteiger charge is -2.33. The standard InChI is InChI=1S/C18H19BrFN5O3/c1-10-7-15-12(16-17(26)23(2)28-6-5-25(16)22-15)9-24(10)18(27)21-11-3-4-14(20)13(19)8-11/h3-4,8,10H,5-7,9H2,1-2H3,(H,21,27)/t10-/m1/s1. The molecule has 1 atom stereocenters. The molecule has 0 unspecified atom stereocenters. The molecule has 3 heterocycles. The van der Waals surface area contributed by atoms with Gasteiger partial charge in [0.1, 0.15) is 11.5 Å². The first-order chi connectivity index (χ1) is 13.3. The van der Waals surface area contributed by atoms with E-state index in [1.54, 1.807) is 16.6 Å². The van der Waals surface area contributed by atoms with Gasteiger partial charge in [-0.2, -0.15) is 5.10 Å². The van der Waals surface area contributed by atoms with E-state index in [9.17, 15) is 14.0 Å². The number of carbonyl (C=O) groups is 2. The number of nitrogens with zero attached hydrogens (tertiary/aromatic N) is 4. The van der Waals surface area contributed by atoms with Gasteiger partial charge in [0.2, 0.25) is 0 Å². The van der Waals surface area contributed by atoms with Crippen LogP contribution in [0.5, 0.6) is 0 Å². The molecule has 2 aliphatic rings. The van der Waals surface area contributed by atoms with E-state index in [4.69, 9.17) is 4.84 Å². The Morgan fingerprint density at radius 3 is 2.96 bits per heavy atom. The van der Waals surface area contributed by atoms with Gasteiger partial charge in [0.05, 0.1) is 29.9 Å². The van der Waals surface area contributed by atoms with Crippen LogP contribution in [0.15, 0.2) is 22.7 Å². The molecule has 0 spiro atoms. The van der Waals surface area contributed by atoms with Crippen molar-refractivity contribution < 1.29 is 18.8 Å². The number of urea groups is 1. The molecular weight excluding hydrogens is 433 g/mol. The van der Waals surface area contributed by atoms with Crippen LogP contribution in [0.25, 0.3) is 0 Å². The zero-order chi connectivity index (χ0) is 20.0. The topological polar surface area (TPSA) is 79.7 Å². The summed E-state index contributed by atoms with van der Waals surface area (Å²) in [5.41, 5.74) is 2.52. The van der Waals surface area contributed by atoms with Crippen LogP contribution in [0, 0.1) is 5.82 Å². The molecule has 1 N–H and O–H groups in total. The summed E-state index contributed by atoms with van der Waals surface area (Å²) in [5, 5.41) is 8.56. The quantitative estimate of drug-likeness (QED) is 0.722. The number of halogens is 2. The van der Waals surface area contributed by atoms with Crippen LogP contribution < -0.4 is 5.32 Å². The van der Waals surface area contributed by atoms with E-state index >= 15 is 0 Å². The summed E-state index contributed by atoms with van der Waals surface area (Å²) < 4.78 is 15.4. The van der Waals surface area contributed by atoms with Crippen molar-refractivity contribution in [3.63, 3.8) is 0 Å². The fraction of sp³-hybridized carbons (Fsp3) is 0.389. The second-order valence-corrected chi connectivity index (χ2v) is 7.73. The number of amides is 3. The van der Waals surface area contributed by atoms with Crippen LogP contribution in [-0.4, -0.2) is 51.4 Å². The number of rotatable bonds is 1. The second kappa shape index (κ2) is 7.17. The molecule has 3 amide bonds. The highest BCUT2D eigenvalue weighted by molar-refractivity contribution is 9.10. The van der Waals surface area contributed by atoms with Crippen molar-refractivity contribution in [2.75, 3.05) is 19.0 Å². The minimum Gasteiger partial charge on any atom is -0.317 e. The molecule has 2 aromatic rings. The fourth-order valence-corrected chi connectivity index (χ4v) is 3.89. The van der Waals surface area contributed by atoms with Gasteiger partial charge in [0.25, 0.3) is 5.91 Å². The summed E-state index contributed by atoms with van der Waals surface area (Å²) >= 11 is 3.12. The van der Waals surface area contributed by atoms with Crippen molar-refractivity contribution in [2.24, 2.45) is 0 Å². The van der Waals surface area contributed by atoms with Crippen molar-refractivity contribution in [3.8, 4) is 0 Å². The summed E-state index contributed by atoms with van der Waals surface area (Å²) in [7, 11) is 1.57. The molecule has 10 heteroatoms. The number of anilines is 1. The zero-order valence-corrected chi connectivity index (χ0v) is 17.0. The summed E-state index contributed by atoms with van der Waals surface area (Å²) in [6.45, 7) is 3.03. The number of carbonyl (C=O) groups excluding carboxylic acids is 2. The summed E-state index contributed by atoms with van der Waals surface area (Å²) in [4.78, 5) is 32.5. The monoisotopic (exact) mass is 451 g/mol. The third kappa shape index (κ3) is 3.26. The third-order valence-electron chi connectivity index (χ3n) is 4.99. The van der Waals surface area contributed by atoms with E-state index in [0.29, 0.717) is 31.0 Å². The molecule has 0 saturated carbocycles. The van der Waals surface area contributed by atoms with Gasteiger partial charge in [-0.1, -0.05) is 0 Å². The Morgan fingerprint density at radius 1 is 1.43 bits per heavy atom. The highest BCUT2D eigenvalue weighted by Gasteiger charge is 2.35. The summed E-state index contributed by atoms with van der Waals surface area (Å²) in [6, 6.07) is 3.88. The molecule has 28 heavy (non-hydrogen) atoms. The highest BCUT2D eigenvalue weighted by Crippen LogP contribution is 2.29. The zero-order valence-electron chi connectivity index (χ0n) is 15.4. The van der Waals surface area contributed by atoms with Gasteiger partial charge in [-0.3, -0.25) is 14.3 Å². The van der Waals surface area contributed by atoms with Crippen LogP contribution in [0.4, 0.5) is 14.9 Å². The number of hydrogen-bond donors (Lipinski definition) is 1. The highest BCUT2D eigenvalue weighted by atomic mass is 79.9. The first kappa shape index (κ1) is 18.9. The molecule has 8 nitrogen and oxygen atoms in total. The Kier molecular flexibility index (Phi) is 4.84. The van der Waals surface area contributed by atoms with Crippen molar-refractivity contribution in [1.29, 1.82) is 0 Å². The molecule has 148 valence electrons. The average Bonchev–Trinajstić information content (AvgIpc) is 2.93. The number of nitrogens with one attached hydrogen (secondary N) is 1. The normalized spacial score (nSPS) is 19.1. The van der Waals surface area contributed by atoms with Crippen molar-refractivity contribution in [1.82, 2.24) is 19.7 Å². The molecule has 1 aromatic carbocycles. The van der Waals surface area contributed by atoms with E-state index in [1.807, 2.05) is 6.92 Å². The van der Waals surface area contributed by atoms with E-state index in [1.165, 1.54) is 23.3 Å². The minimum atomic E-state index is -0.401. The molecule has 0 aliphatic carbocycles. The average molecular weight is 452 g/mol. The van der Waals surface area contributed by atoms with Crippen molar-refractivity contribution >= 4 is 33.6 Å². The predicted molar refractivity (Wildman–Crippen MR) is 102 cm³/mol. The van der Waals surface area contributed by atoms with Gasteiger partial charge >= 0.3 is 6.03 Å². The maximum atomic E-state index is 13.4. The lowest BCUT2D eigenvalue weighted by molar-refractivity contribution is -0.103. The SMILES string of the molecule is C[C@@H]1Cc2nn3c(c2CN1C(=O)Nc1ccc(F)c(Br)c1)C(=O)N(C)OCC3. The van der Waals surface area contributed by atoms with Gasteiger partial charge in [0.15, 0.2) is 0 Å². The van der Waals surface area contributed by atoms with Crippen LogP contribution in [0.2, 0.25) is 0 Å². The van der Waals surface area contributed by atoms with E-state index < -0.39 is 5.82 Å². The van der Waals surface area contributed by atoms with Crippen molar-refractivity contribution in [2.45, 2.75) is 32.5 Å². The first-order valence-electron chi connectivity index (χ1n) is 8.87. The summed E-state index contributed by atoms with van der Waals surface area (Å²) in [5.74, 6) is -0.676. The molecule has 1 aromatic heterocycles. The van der Waals surface area contributed by atoms with Crippen LogP contribution in [0.1, 0.15) is 28.7 Å². The summed E-state index contributed by atoms with van der Waals surface area (Å²) in [6.07, 6.45) is 0.549. The third-order valence-corrected chi connectivity index (χ3v) is 5.60. The number of hydrogen-bond acceptors (Lipinski definition) is 4. The van der Waals surface area contributed by atoms with Gasteiger partial charge in [-0.15, -0.1) is 0 Å².